The number of hydrazine groups is 1. The maximum Gasteiger partial charge on any atom is 0.324 e. The maximum atomic E-state index is 13.9. The van der Waals surface area contributed by atoms with E-state index >= 15 is 0 Å². The second kappa shape index (κ2) is 17.3. The molecule has 4 aliphatic heterocycles. The molecule has 12 nitrogen and oxygen atoms in total. The highest BCUT2D eigenvalue weighted by atomic mass is 32.2. The molecular formula is C42H58F2N8O4S. The monoisotopic (exact) mass is 808 g/mol. The van der Waals surface area contributed by atoms with Gasteiger partial charge in [-0.25, -0.2) is 14.2 Å². The molecule has 3 aromatic rings. The Bertz CT molecular complexity index is 1980. The normalized spacial score (nSPS) is 25.5. The Balaban J connectivity index is 1.39. The lowest BCUT2D eigenvalue weighted by Gasteiger charge is -2.35. The number of aromatic nitrogens is 2. The van der Waals surface area contributed by atoms with Gasteiger partial charge in [0.25, 0.3) is 12.3 Å². The lowest BCUT2D eigenvalue weighted by molar-refractivity contribution is -0.155. The van der Waals surface area contributed by atoms with Gasteiger partial charge < -0.3 is 23.8 Å². The molecule has 15 heteroatoms. The molecule has 310 valence electrons. The zero-order valence-electron chi connectivity index (χ0n) is 34.3. The first kappa shape index (κ1) is 41.5. The molecule has 2 unspecified atom stereocenters. The number of aryl methyl sites for hydroxylation is 1. The number of esters is 1. The van der Waals surface area contributed by atoms with E-state index in [1.54, 1.807) is 18.9 Å². The van der Waals surface area contributed by atoms with Crippen molar-refractivity contribution in [2.75, 3.05) is 64.9 Å². The zero-order valence-corrected chi connectivity index (χ0v) is 35.1. The summed E-state index contributed by atoms with van der Waals surface area (Å²) in [5.41, 5.74) is 9.90. The van der Waals surface area contributed by atoms with Gasteiger partial charge in [0.1, 0.15) is 6.04 Å². The number of hydrogen-bond acceptors (Lipinski definition) is 11. The first-order valence-electron chi connectivity index (χ1n) is 20.4. The van der Waals surface area contributed by atoms with Crippen molar-refractivity contribution in [3.8, 4) is 11.3 Å². The average molecular weight is 809 g/mol. The largest absolute Gasteiger partial charge is 0.464 e. The van der Waals surface area contributed by atoms with Crippen molar-refractivity contribution in [3.63, 3.8) is 0 Å². The van der Waals surface area contributed by atoms with E-state index in [1.165, 1.54) is 5.01 Å². The van der Waals surface area contributed by atoms with Gasteiger partial charge in [-0.05, 0) is 69.5 Å². The van der Waals surface area contributed by atoms with E-state index in [1.807, 2.05) is 13.1 Å². The van der Waals surface area contributed by atoms with E-state index in [0.29, 0.717) is 32.4 Å². The van der Waals surface area contributed by atoms with E-state index in [2.05, 4.69) is 84.1 Å². The van der Waals surface area contributed by atoms with Gasteiger partial charge in [0.2, 0.25) is 0 Å². The van der Waals surface area contributed by atoms with E-state index in [-0.39, 0.29) is 36.3 Å². The summed E-state index contributed by atoms with van der Waals surface area (Å²) in [6, 6.07) is 7.00. The number of thioether (sulfide) groups is 1. The van der Waals surface area contributed by atoms with Crippen molar-refractivity contribution < 1.29 is 27.8 Å². The molecule has 4 aliphatic rings. The van der Waals surface area contributed by atoms with Gasteiger partial charge in [-0.15, -0.1) is 11.8 Å². The lowest BCUT2D eigenvalue weighted by atomic mass is 9.84. The van der Waals surface area contributed by atoms with Crippen molar-refractivity contribution in [1.82, 2.24) is 30.2 Å². The molecule has 6 heterocycles. The number of alkyl halides is 2. The number of rotatable bonds is 8. The number of methoxy groups -OCH3 is 1. The summed E-state index contributed by atoms with van der Waals surface area (Å²) in [7, 11) is 3.87. The number of halogens is 2. The van der Waals surface area contributed by atoms with Crippen LogP contribution in [0.2, 0.25) is 0 Å². The van der Waals surface area contributed by atoms with Crippen molar-refractivity contribution >= 4 is 45.3 Å². The van der Waals surface area contributed by atoms with Crippen LogP contribution < -0.4 is 15.6 Å². The van der Waals surface area contributed by atoms with Crippen LogP contribution in [-0.2, 0) is 32.0 Å². The standard InChI is InChI=1S/C42H58F2N8O4S/c1-8-51-34-12-11-27-18-29(34)31(39(51)30-19-28(22-46-37(30)25(2)55-7)50-16-14-49(6)15-17-50)21-42(4,5)24-56-41(54)32-10-9-13-52(48-32)40(53)33(45-23-35(43)44)20-36-47-38(27)26(3)57-36/h11-12,18-19,22,25-26,32-33,35,38,45,48H,8-10,13-17,20-21,23-24H2,1-7H3/t25-,26?,32-,33-,38?/m0/s1. The Hall–Kier alpha value is -3.63. The lowest BCUT2D eigenvalue weighted by Crippen LogP contribution is -2.60. The van der Waals surface area contributed by atoms with Gasteiger partial charge in [0.05, 0.1) is 59.7 Å². The fourth-order valence-corrected chi connectivity index (χ4v) is 9.85. The van der Waals surface area contributed by atoms with Crippen LogP contribution in [0.4, 0.5) is 14.5 Å². The number of amides is 1. The molecule has 2 fully saturated rings. The molecule has 0 aliphatic carbocycles. The third kappa shape index (κ3) is 8.87. The summed E-state index contributed by atoms with van der Waals surface area (Å²) < 4.78 is 41.4. The third-order valence-corrected chi connectivity index (χ3v) is 13.0. The number of anilines is 1. The predicted molar refractivity (Wildman–Crippen MR) is 222 cm³/mol. The van der Waals surface area contributed by atoms with E-state index in [0.717, 1.165) is 75.9 Å². The Morgan fingerprint density at radius 2 is 1.91 bits per heavy atom. The average Bonchev–Trinajstić information content (AvgIpc) is 3.72. The fraction of sp³-hybridized carbons (Fsp3) is 0.619. The summed E-state index contributed by atoms with van der Waals surface area (Å²) in [6.07, 6.45) is 0.918. The molecule has 2 saturated heterocycles. The van der Waals surface area contributed by atoms with Crippen LogP contribution in [0.3, 0.4) is 0 Å². The first-order chi connectivity index (χ1) is 27.3. The molecule has 1 amide bonds. The number of hydrogen-bond donors (Lipinski definition) is 2. The Kier molecular flexibility index (Phi) is 12.6. The number of piperazine rings is 1. The van der Waals surface area contributed by atoms with Crippen LogP contribution in [-0.4, -0.2) is 120 Å². The highest BCUT2D eigenvalue weighted by Crippen LogP contribution is 2.45. The SMILES string of the molecule is CCn1c(-c2cc(N3CCN(C)CC3)cnc2[C@H](C)OC)c2c3cc(ccc31)C1N=C(C[C@H](NCC(F)F)C(=O)N3CCC[C@H](N3)C(=O)OCC(C)(C)C2)SC1C. The van der Waals surface area contributed by atoms with Gasteiger partial charge in [-0.1, -0.05) is 26.8 Å². The van der Waals surface area contributed by atoms with Crippen molar-refractivity contribution in [2.45, 2.75) is 103 Å². The van der Waals surface area contributed by atoms with Crippen molar-refractivity contribution in [3.05, 3.63) is 47.3 Å². The van der Waals surface area contributed by atoms with Gasteiger partial charge in [0.15, 0.2) is 0 Å². The minimum Gasteiger partial charge on any atom is -0.464 e. The van der Waals surface area contributed by atoms with E-state index in [4.69, 9.17) is 19.5 Å². The molecule has 0 radical (unpaired) electrons. The van der Waals surface area contributed by atoms with Crippen LogP contribution in [0.25, 0.3) is 22.2 Å². The van der Waals surface area contributed by atoms with Crippen LogP contribution in [0.15, 0.2) is 35.5 Å². The summed E-state index contributed by atoms with van der Waals surface area (Å²) >= 11 is 1.58. The zero-order chi connectivity index (χ0) is 40.6. The van der Waals surface area contributed by atoms with E-state index < -0.39 is 36.4 Å². The molecule has 5 atom stereocenters. The number of benzene rings is 1. The summed E-state index contributed by atoms with van der Waals surface area (Å²) in [5.74, 6) is -0.827. The quantitative estimate of drug-likeness (QED) is 0.263. The molecule has 2 N–H and O–H groups in total. The molecule has 2 aromatic heterocycles. The number of cyclic esters (lactones) is 1. The third-order valence-electron chi connectivity index (χ3n) is 11.9. The minimum absolute atomic E-state index is 0.0557. The minimum atomic E-state index is -2.63. The second-order valence-electron chi connectivity index (χ2n) is 16.8. The smallest absolute Gasteiger partial charge is 0.324 e. The van der Waals surface area contributed by atoms with E-state index in [9.17, 15) is 18.4 Å². The van der Waals surface area contributed by atoms with Gasteiger partial charge in [0, 0.05) is 79.9 Å². The number of ether oxygens (including phenoxy) is 2. The molecule has 1 aromatic carbocycles. The summed E-state index contributed by atoms with van der Waals surface area (Å²) in [4.78, 5) is 42.6. The second-order valence-corrected chi connectivity index (χ2v) is 18.2. The summed E-state index contributed by atoms with van der Waals surface area (Å²) in [6.45, 7) is 14.9. The highest BCUT2D eigenvalue weighted by Gasteiger charge is 2.38. The van der Waals surface area contributed by atoms with Gasteiger partial charge >= 0.3 is 5.97 Å². The molecule has 0 spiro atoms. The molecule has 7 rings (SSSR count). The molecular weight excluding hydrogens is 751 g/mol. The number of aliphatic imine (C=N–C) groups is 1. The molecule has 6 bridgehead atoms. The Morgan fingerprint density at radius 3 is 2.63 bits per heavy atom. The van der Waals surface area contributed by atoms with Crippen LogP contribution >= 0.6 is 11.8 Å². The number of fused-ring (bicyclic) bond motifs is 5. The number of likely N-dealkylation sites (N-methyl/N-ethyl adjacent to an activating group) is 1. The number of pyridine rings is 1. The molecule has 57 heavy (non-hydrogen) atoms. The maximum absolute atomic E-state index is 13.9. The van der Waals surface area contributed by atoms with Crippen LogP contribution in [0, 0.1) is 5.41 Å². The van der Waals surface area contributed by atoms with Gasteiger partial charge in [-0.3, -0.25) is 29.9 Å². The van der Waals surface area contributed by atoms with Crippen molar-refractivity contribution in [2.24, 2.45) is 10.4 Å². The number of carbonyl (C=O) groups is 2. The number of nitrogens with zero attached hydrogens (tertiary/aromatic N) is 6. The number of nitrogens with one attached hydrogen (secondary N) is 2. The topological polar surface area (TPSA) is 117 Å². The predicted octanol–water partition coefficient (Wildman–Crippen LogP) is 5.99. The van der Waals surface area contributed by atoms with Crippen molar-refractivity contribution in [1.29, 1.82) is 0 Å². The first-order valence-corrected chi connectivity index (χ1v) is 21.3. The summed E-state index contributed by atoms with van der Waals surface area (Å²) in [5, 5.41) is 6.09. The fourth-order valence-electron chi connectivity index (χ4n) is 8.64. The van der Waals surface area contributed by atoms with Gasteiger partial charge in [-0.2, -0.15) is 0 Å². The van der Waals surface area contributed by atoms with Crippen LogP contribution in [0.1, 0.15) is 82.8 Å². The highest BCUT2D eigenvalue weighted by molar-refractivity contribution is 8.14. The molecule has 0 saturated carbocycles. The number of carbonyl (C=O) groups excluding carboxylic acids is 2. The Morgan fingerprint density at radius 1 is 1.14 bits per heavy atom. The van der Waals surface area contributed by atoms with Crippen LogP contribution in [0.5, 0.6) is 0 Å². The Labute approximate surface area is 339 Å².